The summed E-state index contributed by atoms with van der Waals surface area (Å²) in [5.74, 6) is -0.275. The number of nitro benzene ring substituents is 1. The molecule has 0 radical (unpaired) electrons. The third-order valence-electron chi connectivity index (χ3n) is 3.53. The standard InChI is InChI=1S/C12H15BrFN3O2/c1-7-6-16(3-2-10(7)15)11-5-9(14)8(13)4-12(11)17(18)19/h4-5,7,10H,2-3,6,15H2,1H3. The van der Waals surface area contributed by atoms with Crippen LogP contribution in [0.15, 0.2) is 16.6 Å². The molecule has 1 aromatic carbocycles. The topological polar surface area (TPSA) is 72.4 Å². The molecule has 0 bridgehead atoms. The smallest absolute Gasteiger partial charge is 0.293 e. The van der Waals surface area contributed by atoms with Gasteiger partial charge in [0.1, 0.15) is 11.5 Å². The molecule has 2 unspecified atom stereocenters. The summed E-state index contributed by atoms with van der Waals surface area (Å²) in [5, 5.41) is 11.1. The molecule has 1 saturated heterocycles. The van der Waals surface area contributed by atoms with E-state index in [1.54, 1.807) is 0 Å². The number of nitro groups is 1. The Kier molecular flexibility index (Phi) is 4.05. The molecule has 0 aliphatic carbocycles. The van der Waals surface area contributed by atoms with Crippen LogP contribution < -0.4 is 10.6 Å². The largest absolute Gasteiger partial charge is 0.366 e. The zero-order valence-corrected chi connectivity index (χ0v) is 12.1. The van der Waals surface area contributed by atoms with Crippen LogP contribution in [0.2, 0.25) is 0 Å². The number of piperidine rings is 1. The van der Waals surface area contributed by atoms with Crippen LogP contribution in [-0.4, -0.2) is 24.1 Å². The van der Waals surface area contributed by atoms with E-state index in [1.807, 2.05) is 11.8 Å². The van der Waals surface area contributed by atoms with Gasteiger partial charge in [0.2, 0.25) is 0 Å². The van der Waals surface area contributed by atoms with Gasteiger partial charge in [-0.1, -0.05) is 6.92 Å². The molecule has 19 heavy (non-hydrogen) atoms. The fourth-order valence-corrected chi connectivity index (χ4v) is 2.64. The van der Waals surface area contributed by atoms with Crippen LogP contribution in [0.4, 0.5) is 15.8 Å². The summed E-state index contributed by atoms with van der Waals surface area (Å²) >= 11 is 2.98. The molecule has 0 saturated carbocycles. The van der Waals surface area contributed by atoms with Crippen LogP contribution in [0.25, 0.3) is 0 Å². The van der Waals surface area contributed by atoms with Crippen molar-refractivity contribution >= 4 is 27.3 Å². The normalized spacial score (nSPS) is 23.5. The first kappa shape index (κ1) is 14.2. The summed E-state index contributed by atoms with van der Waals surface area (Å²) in [6.07, 6.45) is 0.746. The first-order chi connectivity index (χ1) is 8.90. The molecule has 2 rings (SSSR count). The number of nitrogens with two attached hydrogens (primary N) is 1. The van der Waals surface area contributed by atoms with E-state index in [9.17, 15) is 14.5 Å². The van der Waals surface area contributed by atoms with E-state index in [0.29, 0.717) is 18.8 Å². The van der Waals surface area contributed by atoms with E-state index in [0.717, 1.165) is 6.42 Å². The highest BCUT2D eigenvalue weighted by Crippen LogP contribution is 2.35. The molecule has 0 amide bonds. The Hall–Kier alpha value is -1.21. The second-order valence-electron chi connectivity index (χ2n) is 4.89. The molecule has 1 heterocycles. The van der Waals surface area contributed by atoms with Crippen LogP contribution >= 0.6 is 15.9 Å². The monoisotopic (exact) mass is 331 g/mol. The molecule has 0 aromatic heterocycles. The molecule has 7 heteroatoms. The zero-order valence-electron chi connectivity index (χ0n) is 10.5. The number of nitrogens with zero attached hydrogens (tertiary/aromatic N) is 2. The summed E-state index contributed by atoms with van der Waals surface area (Å²) in [5.41, 5.74) is 6.16. The summed E-state index contributed by atoms with van der Waals surface area (Å²) in [6.45, 7) is 3.20. The summed E-state index contributed by atoms with van der Waals surface area (Å²) < 4.78 is 13.7. The lowest BCUT2D eigenvalue weighted by Gasteiger charge is -2.36. The van der Waals surface area contributed by atoms with E-state index in [4.69, 9.17) is 5.73 Å². The van der Waals surface area contributed by atoms with Crippen molar-refractivity contribution < 1.29 is 9.31 Å². The number of anilines is 1. The second kappa shape index (κ2) is 5.42. The molecule has 1 aliphatic heterocycles. The van der Waals surface area contributed by atoms with E-state index in [2.05, 4.69) is 15.9 Å². The Morgan fingerprint density at radius 2 is 2.26 bits per heavy atom. The van der Waals surface area contributed by atoms with Gasteiger partial charge in [0.25, 0.3) is 5.69 Å². The third kappa shape index (κ3) is 2.87. The van der Waals surface area contributed by atoms with Crippen molar-refractivity contribution in [3.63, 3.8) is 0 Å². The first-order valence-electron chi connectivity index (χ1n) is 6.04. The van der Waals surface area contributed by atoms with Crippen molar-refractivity contribution in [2.45, 2.75) is 19.4 Å². The van der Waals surface area contributed by atoms with E-state index >= 15 is 0 Å². The predicted octanol–water partition coefficient (Wildman–Crippen LogP) is 2.67. The lowest BCUT2D eigenvalue weighted by Crippen LogP contribution is -2.46. The summed E-state index contributed by atoms with van der Waals surface area (Å²) in [7, 11) is 0. The van der Waals surface area contributed by atoms with Crippen molar-refractivity contribution in [1.29, 1.82) is 0 Å². The quantitative estimate of drug-likeness (QED) is 0.668. The van der Waals surface area contributed by atoms with Gasteiger partial charge in [0.05, 0.1) is 9.40 Å². The van der Waals surface area contributed by atoms with Gasteiger partial charge in [-0.3, -0.25) is 10.1 Å². The number of hydrogen-bond acceptors (Lipinski definition) is 4. The molecule has 2 N–H and O–H groups in total. The van der Waals surface area contributed by atoms with Crippen LogP contribution in [0, 0.1) is 21.8 Å². The number of halogens is 2. The van der Waals surface area contributed by atoms with E-state index < -0.39 is 10.7 Å². The van der Waals surface area contributed by atoms with Gasteiger partial charge in [0, 0.05) is 31.3 Å². The molecule has 1 fully saturated rings. The van der Waals surface area contributed by atoms with E-state index in [-0.39, 0.29) is 22.1 Å². The maximum atomic E-state index is 13.6. The summed E-state index contributed by atoms with van der Waals surface area (Å²) in [4.78, 5) is 12.4. The SMILES string of the molecule is CC1CN(c2cc(F)c(Br)cc2[N+](=O)[O-])CCC1N. The van der Waals surface area contributed by atoms with Crippen molar-refractivity contribution in [1.82, 2.24) is 0 Å². The number of rotatable bonds is 2. The minimum Gasteiger partial charge on any atom is -0.366 e. The minimum absolute atomic E-state index is 0.0871. The highest BCUT2D eigenvalue weighted by Gasteiger charge is 2.28. The lowest BCUT2D eigenvalue weighted by molar-refractivity contribution is -0.384. The van der Waals surface area contributed by atoms with Gasteiger partial charge in [-0.2, -0.15) is 0 Å². The predicted molar refractivity (Wildman–Crippen MR) is 74.7 cm³/mol. The van der Waals surface area contributed by atoms with Gasteiger partial charge in [-0.25, -0.2) is 4.39 Å². The first-order valence-corrected chi connectivity index (χ1v) is 6.83. The highest BCUT2D eigenvalue weighted by atomic mass is 79.9. The van der Waals surface area contributed by atoms with Gasteiger partial charge >= 0.3 is 0 Å². The van der Waals surface area contributed by atoms with Crippen molar-refractivity contribution in [2.24, 2.45) is 11.7 Å². The van der Waals surface area contributed by atoms with Crippen molar-refractivity contribution in [3.8, 4) is 0 Å². The maximum Gasteiger partial charge on any atom is 0.293 e. The van der Waals surface area contributed by atoms with Crippen molar-refractivity contribution in [2.75, 3.05) is 18.0 Å². The Balaban J connectivity index is 2.38. The Bertz CT molecular complexity index is 512. The van der Waals surface area contributed by atoms with Gasteiger partial charge in [0.15, 0.2) is 0 Å². The Labute approximate surface area is 118 Å². The minimum atomic E-state index is -0.497. The van der Waals surface area contributed by atoms with E-state index in [1.165, 1.54) is 12.1 Å². The highest BCUT2D eigenvalue weighted by molar-refractivity contribution is 9.10. The van der Waals surface area contributed by atoms with Gasteiger partial charge < -0.3 is 10.6 Å². The maximum absolute atomic E-state index is 13.6. The van der Waals surface area contributed by atoms with Crippen LogP contribution in [0.3, 0.4) is 0 Å². The Morgan fingerprint density at radius 1 is 1.58 bits per heavy atom. The van der Waals surface area contributed by atoms with Crippen molar-refractivity contribution in [3.05, 3.63) is 32.5 Å². The molecule has 5 nitrogen and oxygen atoms in total. The van der Waals surface area contributed by atoms with Gasteiger partial charge in [-0.05, 0) is 28.3 Å². The number of benzene rings is 1. The molecule has 104 valence electrons. The second-order valence-corrected chi connectivity index (χ2v) is 5.74. The molecular weight excluding hydrogens is 317 g/mol. The summed E-state index contributed by atoms with van der Waals surface area (Å²) in [6, 6.07) is 2.52. The lowest BCUT2D eigenvalue weighted by atomic mass is 9.94. The molecule has 0 spiro atoms. The fourth-order valence-electron chi connectivity index (χ4n) is 2.31. The molecular formula is C12H15BrFN3O2. The van der Waals surface area contributed by atoms with Crippen LogP contribution in [0.1, 0.15) is 13.3 Å². The Morgan fingerprint density at radius 3 is 2.84 bits per heavy atom. The average Bonchev–Trinajstić information content (AvgIpc) is 2.35. The van der Waals surface area contributed by atoms with Crippen LogP contribution in [0.5, 0.6) is 0 Å². The molecule has 1 aromatic rings. The fraction of sp³-hybridized carbons (Fsp3) is 0.500. The number of hydrogen-bond donors (Lipinski definition) is 1. The zero-order chi connectivity index (χ0) is 14.2. The van der Waals surface area contributed by atoms with Gasteiger partial charge in [-0.15, -0.1) is 0 Å². The average molecular weight is 332 g/mol. The molecule has 2 atom stereocenters. The molecule has 1 aliphatic rings. The van der Waals surface area contributed by atoms with Crippen LogP contribution in [-0.2, 0) is 0 Å². The third-order valence-corrected chi connectivity index (χ3v) is 4.13.